The van der Waals surface area contributed by atoms with Crippen LogP contribution in [0.1, 0.15) is 18.9 Å². The molecule has 1 heterocycles. The van der Waals surface area contributed by atoms with Gasteiger partial charge >= 0.3 is 0 Å². The van der Waals surface area contributed by atoms with Gasteiger partial charge in [-0.25, -0.2) is 0 Å². The number of para-hydroxylation sites is 1. The lowest BCUT2D eigenvalue weighted by molar-refractivity contribution is -0.118. The Balaban J connectivity index is 2.22. The van der Waals surface area contributed by atoms with Crippen LogP contribution < -0.4 is 5.32 Å². The molecule has 1 aromatic carbocycles. The van der Waals surface area contributed by atoms with Gasteiger partial charge in [0.05, 0.1) is 5.41 Å². The molecule has 1 N–H and O–H groups in total. The summed E-state index contributed by atoms with van der Waals surface area (Å²) in [4.78, 5) is 11.7. The summed E-state index contributed by atoms with van der Waals surface area (Å²) in [5.41, 5.74) is 2.06. The number of nitrogens with one attached hydrogen (secondary N) is 1. The summed E-state index contributed by atoms with van der Waals surface area (Å²) in [6, 6.07) is 8.01. The summed E-state index contributed by atoms with van der Waals surface area (Å²) in [6.07, 6.45) is 1.01. The molecule has 2 atom stereocenters. The Bertz CT molecular complexity index is 399. The van der Waals surface area contributed by atoms with Gasteiger partial charge < -0.3 is 5.32 Å². The van der Waals surface area contributed by atoms with E-state index in [1.807, 2.05) is 18.2 Å². The number of amides is 1. The van der Waals surface area contributed by atoms with Gasteiger partial charge in [-0.15, -0.1) is 0 Å². The number of rotatable bonds is 0. The molecular weight excluding hydrogens is 162 g/mol. The van der Waals surface area contributed by atoms with Crippen molar-refractivity contribution >= 4 is 11.6 Å². The number of carbonyl (C=O) groups excluding carboxylic acids is 1. The molecule has 66 valence electrons. The number of carbonyl (C=O) groups is 1. The highest BCUT2D eigenvalue weighted by molar-refractivity contribution is 6.08. The third-order valence-electron chi connectivity index (χ3n) is 3.37. The summed E-state index contributed by atoms with van der Waals surface area (Å²) in [7, 11) is 0. The summed E-state index contributed by atoms with van der Waals surface area (Å²) < 4.78 is 0. The minimum absolute atomic E-state index is 0.156. The normalized spacial score (nSPS) is 34.5. The largest absolute Gasteiger partial charge is 0.325 e. The lowest BCUT2D eigenvalue weighted by Crippen LogP contribution is -2.20. The van der Waals surface area contributed by atoms with Crippen LogP contribution in [-0.2, 0) is 10.2 Å². The minimum atomic E-state index is -0.156. The predicted molar refractivity (Wildman–Crippen MR) is 50.5 cm³/mol. The molecule has 1 spiro atoms. The fourth-order valence-corrected chi connectivity index (χ4v) is 2.45. The van der Waals surface area contributed by atoms with Crippen molar-refractivity contribution in [1.29, 1.82) is 0 Å². The third-order valence-corrected chi connectivity index (χ3v) is 3.37. The Hall–Kier alpha value is -1.31. The van der Waals surface area contributed by atoms with Crippen LogP contribution in [0, 0.1) is 5.92 Å². The van der Waals surface area contributed by atoms with Gasteiger partial charge in [-0.3, -0.25) is 4.79 Å². The van der Waals surface area contributed by atoms with Gasteiger partial charge in [-0.1, -0.05) is 25.1 Å². The average molecular weight is 173 g/mol. The lowest BCUT2D eigenvalue weighted by atomic mass is 9.95. The number of anilines is 1. The molecular formula is C11H11NO. The molecule has 2 heteroatoms. The maximum atomic E-state index is 11.7. The van der Waals surface area contributed by atoms with E-state index in [1.165, 1.54) is 5.56 Å². The molecule has 1 saturated carbocycles. The maximum absolute atomic E-state index is 11.7. The van der Waals surface area contributed by atoms with E-state index in [1.54, 1.807) is 0 Å². The molecule has 0 saturated heterocycles. The van der Waals surface area contributed by atoms with Crippen LogP contribution in [0.5, 0.6) is 0 Å². The summed E-state index contributed by atoms with van der Waals surface area (Å²) in [6.45, 7) is 2.14. The molecule has 1 amide bonds. The van der Waals surface area contributed by atoms with Crippen molar-refractivity contribution in [3.8, 4) is 0 Å². The number of benzene rings is 1. The lowest BCUT2D eigenvalue weighted by Gasteiger charge is -2.04. The van der Waals surface area contributed by atoms with E-state index >= 15 is 0 Å². The van der Waals surface area contributed by atoms with E-state index in [4.69, 9.17) is 0 Å². The molecule has 2 unspecified atom stereocenters. The zero-order valence-electron chi connectivity index (χ0n) is 7.50. The van der Waals surface area contributed by atoms with E-state index in [0.717, 1.165) is 12.1 Å². The standard InChI is InChI=1S/C11H11NO/c1-7-6-11(7)8-4-2-3-5-9(8)12-10(11)13/h2-5,7H,6H2,1H3,(H,12,13). The van der Waals surface area contributed by atoms with Crippen LogP contribution in [0.25, 0.3) is 0 Å². The first-order valence-corrected chi connectivity index (χ1v) is 4.66. The molecule has 1 aromatic rings. The van der Waals surface area contributed by atoms with Gasteiger partial charge in [-0.2, -0.15) is 0 Å². The van der Waals surface area contributed by atoms with Crippen LogP contribution in [0.3, 0.4) is 0 Å². The highest BCUT2D eigenvalue weighted by Crippen LogP contribution is 2.59. The topological polar surface area (TPSA) is 29.1 Å². The molecule has 0 bridgehead atoms. The van der Waals surface area contributed by atoms with Gasteiger partial charge in [0, 0.05) is 5.69 Å². The molecule has 2 aliphatic rings. The second-order valence-corrected chi connectivity index (χ2v) is 4.08. The van der Waals surface area contributed by atoms with E-state index < -0.39 is 0 Å². The van der Waals surface area contributed by atoms with Crippen molar-refractivity contribution in [3.63, 3.8) is 0 Å². The van der Waals surface area contributed by atoms with Crippen LogP contribution in [0.2, 0.25) is 0 Å². The first-order valence-electron chi connectivity index (χ1n) is 4.66. The van der Waals surface area contributed by atoms with Crippen molar-refractivity contribution in [2.75, 3.05) is 5.32 Å². The maximum Gasteiger partial charge on any atom is 0.235 e. The number of hydrogen-bond acceptors (Lipinski definition) is 1. The van der Waals surface area contributed by atoms with E-state index in [0.29, 0.717) is 5.92 Å². The van der Waals surface area contributed by atoms with Crippen molar-refractivity contribution in [2.24, 2.45) is 5.92 Å². The van der Waals surface area contributed by atoms with Crippen LogP contribution in [-0.4, -0.2) is 5.91 Å². The Morgan fingerprint density at radius 1 is 1.46 bits per heavy atom. The molecule has 1 fully saturated rings. The van der Waals surface area contributed by atoms with Gasteiger partial charge in [-0.05, 0) is 24.0 Å². The molecule has 13 heavy (non-hydrogen) atoms. The van der Waals surface area contributed by atoms with Gasteiger partial charge in [0.1, 0.15) is 0 Å². The number of fused-ring (bicyclic) bond motifs is 2. The Kier molecular flexibility index (Phi) is 1.07. The molecule has 3 rings (SSSR count). The highest BCUT2D eigenvalue weighted by atomic mass is 16.2. The SMILES string of the molecule is CC1CC12C(=O)Nc1ccccc12. The smallest absolute Gasteiger partial charge is 0.235 e. The Labute approximate surface area is 77.0 Å². The second kappa shape index (κ2) is 1.95. The molecule has 0 aromatic heterocycles. The monoisotopic (exact) mass is 173 g/mol. The minimum Gasteiger partial charge on any atom is -0.325 e. The fraction of sp³-hybridized carbons (Fsp3) is 0.364. The molecule has 2 nitrogen and oxygen atoms in total. The molecule has 1 aliphatic carbocycles. The van der Waals surface area contributed by atoms with E-state index in [-0.39, 0.29) is 11.3 Å². The fourth-order valence-electron chi connectivity index (χ4n) is 2.45. The molecule has 1 aliphatic heterocycles. The summed E-state index contributed by atoms with van der Waals surface area (Å²) >= 11 is 0. The highest BCUT2D eigenvalue weighted by Gasteiger charge is 2.62. The van der Waals surface area contributed by atoms with Crippen molar-refractivity contribution < 1.29 is 4.79 Å². The first kappa shape index (κ1) is 7.13. The van der Waals surface area contributed by atoms with Crippen LogP contribution in [0.15, 0.2) is 24.3 Å². The van der Waals surface area contributed by atoms with Crippen molar-refractivity contribution in [1.82, 2.24) is 0 Å². The summed E-state index contributed by atoms with van der Waals surface area (Å²) in [5, 5.41) is 2.94. The van der Waals surface area contributed by atoms with Gasteiger partial charge in [0.15, 0.2) is 0 Å². The predicted octanol–water partition coefficient (Wildman–Crippen LogP) is 1.92. The van der Waals surface area contributed by atoms with Crippen LogP contribution >= 0.6 is 0 Å². The summed E-state index contributed by atoms with van der Waals surface area (Å²) in [5.74, 6) is 0.706. The zero-order valence-corrected chi connectivity index (χ0v) is 7.50. The Morgan fingerprint density at radius 2 is 2.15 bits per heavy atom. The quantitative estimate of drug-likeness (QED) is 0.638. The number of hydrogen-bond donors (Lipinski definition) is 1. The first-order chi connectivity index (χ1) is 6.25. The van der Waals surface area contributed by atoms with E-state index in [9.17, 15) is 4.79 Å². The van der Waals surface area contributed by atoms with Crippen molar-refractivity contribution in [3.05, 3.63) is 29.8 Å². The second-order valence-electron chi connectivity index (χ2n) is 4.08. The third kappa shape index (κ3) is 0.671. The zero-order chi connectivity index (χ0) is 9.05. The molecule has 0 radical (unpaired) electrons. The van der Waals surface area contributed by atoms with Gasteiger partial charge in [0.25, 0.3) is 0 Å². The average Bonchev–Trinajstić information content (AvgIpc) is 2.71. The van der Waals surface area contributed by atoms with Gasteiger partial charge in [0.2, 0.25) is 5.91 Å². The van der Waals surface area contributed by atoms with Crippen molar-refractivity contribution in [2.45, 2.75) is 18.8 Å². The van der Waals surface area contributed by atoms with E-state index in [2.05, 4.69) is 18.3 Å². The van der Waals surface area contributed by atoms with Crippen LogP contribution in [0.4, 0.5) is 5.69 Å². The Morgan fingerprint density at radius 3 is 2.85 bits per heavy atom.